The minimum Gasteiger partial charge on any atom is -0.330 e. The molecule has 1 fully saturated rings. The Balaban J connectivity index is 1.78. The molecule has 2 aromatic carbocycles. The first-order valence-electron chi connectivity index (χ1n) is 7.18. The maximum absolute atomic E-state index is 5.80. The maximum Gasteiger partial charge on any atom is 0.0236 e. The molecule has 0 saturated carbocycles. The van der Waals surface area contributed by atoms with Gasteiger partial charge in [0.25, 0.3) is 0 Å². The molecule has 3 rings (SSSR count). The lowest BCUT2D eigenvalue weighted by atomic mass is 10.1. The predicted molar refractivity (Wildman–Crippen MR) is 81.0 cm³/mol. The monoisotopic (exact) mass is 254 g/mol. The van der Waals surface area contributed by atoms with Crippen molar-refractivity contribution < 1.29 is 0 Å². The fraction of sp³-hybridized carbons (Fsp3) is 0.412. The van der Waals surface area contributed by atoms with Gasteiger partial charge in [-0.2, -0.15) is 0 Å². The van der Waals surface area contributed by atoms with E-state index in [2.05, 4.69) is 54.3 Å². The molecule has 1 aliphatic heterocycles. The lowest BCUT2D eigenvalue weighted by Crippen LogP contribution is -2.27. The van der Waals surface area contributed by atoms with Gasteiger partial charge in [-0.25, -0.2) is 0 Å². The summed E-state index contributed by atoms with van der Waals surface area (Å²) < 4.78 is 0. The number of rotatable bonds is 3. The van der Waals surface area contributed by atoms with E-state index in [1.807, 2.05) is 0 Å². The Bertz CT molecular complexity index is 564. The number of benzene rings is 2. The first-order chi connectivity index (χ1) is 9.26. The Morgan fingerprint density at radius 3 is 2.68 bits per heavy atom. The van der Waals surface area contributed by atoms with Crippen LogP contribution in [0.5, 0.6) is 0 Å². The summed E-state index contributed by atoms with van der Waals surface area (Å²) in [5, 5.41) is 2.66. The van der Waals surface area contributed by atoms with E-state index in [4.69, 9.17) is 5.73 Å². The van der Waals surface area contributed by atoms with Crippen molar-refractivity contribution in [1.82, 2.24) is 4.90 Å². The highest BCUT2D eigenvalue weighted by atomic mass is 15.2. The zero-order valence-corrected chi connectivity index (χ0v) is 11.5. The van der Waals surface area contributed by atoms with E-state index in [9.17, 15) is 0 Å². The first kappa shape index (κ1) is 12.6. The van der Waals surface area contributed by atoms with Crippen LogP contribution in [0.25, 0.3) is 10.8 Å². The number of nitrogens with zero attached hydrogens (tertiary/aromatic N) is 1. The summed E-state index contributed by atoms with van der Waals surface area (Å²) in [5.74, 6) is 0.676. The van der Waals surface area contributed by atoms with Gasteiger partial charge in [0, 0.05) is 19.1 Å². The molecule has 1 saturated heterocycles. The molecule has 2 aromatic rings. The van der Waals surface area contributed by atoms with E-state index < -0.39 is 0 Å². The van der Waals surface area contributed by atoms with Gasteiger partial charge in [-0.1, -0.05) is 36.4 Å². The summed E-state index contributed by atoms with van der Waals surface area (Å²) in [6.07, 6.45) is 1.24. The molecular weight excluding hydrogens is 232 g/mol. The molecule has 2 N–H and O–H groups in total. The van der Waals surface area contributed by atoms with E-state index in [0.717, 1.165) is 19.6 Å². The smallest absolute Gasteiger partial charge is 0.0236 e. The average molecular weight is 254 g/mol. The fourth-order valence-corrected chi connectivity index (χ4v) is 3.18. The standard InChI is InChI=1S/C17H22N2/c1-13-8-15(10-18)12-19(13)11-14-6-7-16-4-2-3-5-17(16)9-14/h2-7,9,13,15H,8,10-12,18H2,1H3. The molecule has 1 aliphatic rings. The topological polar surface area (TPSA) is 29.3 Å². The second-order valence-corrected chi connectivity index (χ2v) is 5.80. The first-order valence-corrected chi connectivity index (χ1v) is 7.18. The van der Waals surface area contributed by atoms with Crippen molar-refractivity contribution in [2.24, 2.45) is 11.7 Å². The molecule has 2 unspecified atom stereocenters. The summed E-state index contributed by atoms with van der Waals surface area (Å²) in [6.45, 7) is 5.32. The van der Waals surface area contributed by atoms with E-state index in [1.165, 1.54) is 22.8 Å². The van der Waals surface area contributed by atoms with E-state index in [-0.39, 0.29) is 0 Å². The molecule has 0 bridgehead atoms. The van der Waals surface area contributed by atoms with Gasteiger partial charge in [0.2, 0.25) is 0 Å². The minimum atomic E-state index is 0.653. The van der Waals surface area contributed by atoms with Crippen LogP contribution in [-0.4, -0.2) is 24.0 Å². The Hall–Kier alpha value is -1.38. The van der Waals surface area contributed by atoms with Crippen LogP contribution in [0.4, 0.5) is 0 Å². The molecule has 1 heterocycles. The van der Waals surface area contributed by atoms with Gasteiger partial charge in [0.05, 0.1) is 0 Å². The van der Waals surface area contributed by atoms with E-state index in [1.54, 1.807) is 0 Å². The molecule has 0 aliphatic carbocycles. The molecule has 2 atom stereocenters. The van der Waals surface area contributed by atoms with Crippen LogP contribution in [0.2, 0.25) is 0 Å². The number of fused-ring (bicyclic) bond motifs is 1. The van der Waals surface area contributed by atoms with Gasteiger partial charge < -0.3 is 5.73 Å². The lowest BCUT2D eigenvalue weighted by Gasteiger charge is -2.21. The van der Waals surface area contributed by atoms with Crippen molar-refractivity contribution in [3.05, 3.63) is 48.0 Å². The molecule has 0 spiro atoms. The normalized spacial score (nSPS) is 24.1. The SMILES string of the molecule is CC1CC(CN)CN1Cc1ccc2ccccc2c1. The number of nitrogens with two attached hydrogens (primary N) is 1. The Morgan fingerprint density at radius 1 is 1.16 bits per heavy atom. The third-order valence-corrected chi connectivity index (χ3v) is 4.32. The summed E-state index contributed by atoms with van der Waals surface area (Å²) >= 11 is 0. The van der Waals surface area contributed by atoms with Gasteiger partial charge in [-0.15, -0.1) is 0 Å². The highest BCUT2D eigenvalue weighted by Gasteiger charge is 2.27. The van der Waals surface area contributed by atoms with Gasteiger partial charge in [0.1, 0.15) is 0 Å². The van der Waals surface area contributed by atoms with E-state index >= 15 is 0 Å². The largest absolute Gasteiger partial charge is 0.330 e. The molecule has 0 aromatic heterocycles. The molecule has 100 valence electrons. The van der Waals surface area contributed by atoms with E-state index in [0.29, 0.717) is 12.0 Å². The van der Waals surface area contributed by atoms with Crippen LogP contribution in [-0.2, 0) is 6.54 Å². The molecular formula is C17H22N2. The highest BCUT2D eigenvalue weighted by Crippen LogP contribution is 2.25. The number of hydrogen-bond acceptors (Lipinski definition) is 2. The van der Waals surface area contributed by atoms with Crippen molar-refractivity contribution in [3.8, 4) is 0 Å². The van der Waals surface area contributed by atoms with Gasteiger partial charge in [-0.3, -0.25) is 4.90 Å². The van der Waals surface area contributed by atoms with Crippen molar-refractivity contribution >= 4 is 10.8 Å². The predicted octanol–water partition coefficient (Wildman–Crippen LogP) is 3.01. The van der Waals surface area contributed by atoms with Crippen molar-refractivity contribution in [2.45, 2.75) is 25.9 Å². The second-order valence-electron chi connectivity index (χ2n) is 5.80. The summed E-state index contributed by atoms with van der Waals surface area (Å²) in [5.41, 5.74) is 7.21. The highest BCUT2D eigenvalue weighted by molar-refractivity contribution is 5.82. The van der Waals surface area contributed by atoms with Crippen molar-refractivity contribution in [3.63, 3.8) is 0 Å². The van der Waals surface area contributed by atoms with Crippen LogP contribution in [0.3, 0.4) is 0 Å². The lowest BCUT2D eigenvalue weighted by molar-refractivity contribution is 0.256. The Kier molecular flexibility index (Phi) is 3.54. The minimum absolute atomic E-state index is 0.653. The summed E-state index contributed by atoms with van der Waals surface area (Å²) in [4.78, 5) is 2.56. The summed E-state index contributed by atoms with van der Waals surface area (Å²) in [6, 6.07) is 16.0. The number of hydrogen-bond donors (Lipinski definition) is 1. The molecule has 19 heavy (non-hydrogen) atoms. The molecule has 2 heteroatoms. The fourth-order valence-electron chi connectivity index (χ4n) is 3.18. The quantitative estimate of drug-likeness (QED) is 0.912. The maximum atomic E-state index is 5.80. The van der Waals surface area contributed by atoms with Crippen LogP contribution < -0.4 is 5.73 Å². The van der Waals surface area contributed by atoms with Crippen LogP contribution in [0, 0.1) is 5.92 Å². The second kappa shape index (κ2) is 5.32. The van der Waals surface area contributed by atoms with Crippen LogP contribution in [0.1, 0.15) is 18.9 Å². The summed E-state index contributed by atoms with van der Waals surface area (Å²) in [7, 11) is 0. The van der Waals surface area contributed by atoms with Gasteiger partial charge >= 0.3 is 0 Å². The van der Waals surface area contributed by atoms with Crippen molar-refractivity contribution in [2.75, 3.05) is 13.1 Å². The Morgan fingerprint density at radius 2 is 1.95 bits per heavy atom. The van der Waals surface area contributed by atoms with Gasteiger partial charge in [0.15, 0.2) is 0 Å². The van der Waals surface area contributed by atoms with Crippen LogP contribution in [0.15, 0.2) is 42.5 Å². The zero-order valence-electron chi connectivity index (χ0n) is 11.5. The molecule has 0 radical (unpaired) electrons. The molecule has 0 amide bonds. The van der Waals surface area contributed by atoms with Crippen LogP contribution >= 0.6 is 0 Å². The van der Waals surface area contributed by atoms with Crippen molar-refractivity contribution in [1.29, 1.82) is 0 Å². The Labute approximate surface area is 115 Å². The third-order valence-electron chi connectivity index (χ3n) is 4.32. The third kappa shape index (κ3) is 2.65. The number of likely N-dealkylation sites (tertiary alicyclic amines) is 1. The average Bonchev–Trinajstić information content (AvgIpc) is 2.79. The zero-order chi connectivity index (χ0) is 13.2. The molecule has 2 nitrogen and oxygen atoms in total. The van der Waals surface area contributed by atoms with Gasteiger partial charge in [-0.05, 0) is 48.2 Å².